The Morgan fingerprint density at radius 3 is 2.80 bits per heavy atom. The normalized spacial score (nSPS) is 21.9. The van der Waals surface area contributed by atoms with Crippen LogP contribution in [0.1, 0.15) is 31.4 Å². The van der Waals surface area contributed by atoms with Crippen LogP contribution in [0.4, 0.5) is 4.39 Å². The van der Waals surface area contributed by atoms with E-state index in [-0.39, 0.29) is 11.9 Å². The van der Waals surface area contributed by atoms with Crippen molar-refractivity contribution in [3.63, 3.8) is 0 Å². The van der Waals surface area contributed by atoms with Crippen molar-refractivity contribution in [2.24, 2.45) is 0 Å². The van der Waals surface area contributed by atoms with E-state index in [0.29, 0.717) is 6.10 Å². The maximum atomic E-state index is 13.0. The van der Waals surface area contributed by atoms with E-state index < -0.39 is 0 Å². The van der Waals surface area contributed by atoms with Crippen LogP contribution >= 0.6 is 0 Å². The van der Waals surface area contributed by atoms with Gasteiger partial charge < -0.3 is 10.1 Å². The van der Waals surface area contributed by atoms with E-state index in [4.69, 9.17) is 4.74 Å². The van der Waals surface area contributed by atoms with Crippen molar-refractivity contribution < 1.29 is 9.13 Å². The SMILES string of the molecule is CCC1CN(CCC(NC)c2ccc(F)cc2)CCO1. The lowest BCUT2D eigenvalue weighted by Gasteiger charge is -2.33. The molecule has 1 aliphatic heterocycles. The van der Waals surface area contributed by atoms with E-state index >= 15 is 0 Å². The molecule has 2 rings (SSSR count). The molecule has 0 spiro atoms. The smallest absolute Gasteiger partial charge is 0.123 e. The molecular weight excluding hydrogens is 255 g/mol. The predicted octanol–water partition coefficient (Wildman–Crippen LogP) is 2.59. The van der Waals surface area contributed by atoms with Crippen LogP contribution in [-0.4, -0.2) is 44.3 Å². The van der Waals surface area contributed by atoms with Gasteiger partial charge in [0.15, 0.2) is 0 Å². The van der Waals surface area contributed by atoms with Crippen LogP contribution in [-0.2, 0) is 4.74 Å². The minimum absolute atomic E-state index is 0.178. The van der Waals surface area contributed by atoms with Gasteiger partial charge in [0.1, 0.15) is 5.82 Å². The first kappa shape index (κ1) is 15.4. The third-order valence-electron chi connectivity index (χ3n) is 4.03. The standard InChI is InChI=1S/C16H25FN2O/c1-3-15-12-19(10-11-20-15)9-8-16(18-2)13-4-6-14(17)7-5-13/h4-7,15-16,18H,3,8-12H2,1-2H3. The Labute approximate surface area is 121 Å². The number of nitrogens with zero attached hydrogens (tertiary/aromatic N) is 1. The zero-order chi connectivity index (χ0) is 14.4. The molecule has 1 N–H and O–H groups in total. The second-order valence-electron chi connectivity index (χ2n) is 5.38. The van der Waals surface area contributed by atoms with Crippen molar-refractivity contribution >= 4 is 0 Å². The molecular formula is C16H25FN2O. The fraction of sp³-hybridized carbons (Fsp3) is 0.625. The molecule has 3 nitrogen and oxygen atoms in total. The summed E-state index contributed by atoms with van der Waals surface area (Å²) in [7, 11) is 1.96. The molecule has 2 unspecified atom stereocenters. The molecule has 0 aromatic heterocycles. The molecule has 0 bridgehead atoms. The van der Waals surface area contributed by atoms with Gasteiger partial charge in [-0.05, 0) is 37.6 Å². The van der Waals surface area contributed by atoms with Gasteiger partial charge in [-0.1, -0.05) is 19.1 Å². The van der Waals surface area contributed by atoms with Crippen molar-refractivity contribution in [1.82, 2.24) is 10.2 Å². The molecule has 1 heterocycles. The minimum atomic E-state index is -0.178. The average molecular weight is 280 g/mol. The first-order chi connectivity index (χ1) is 9.72. The highest BCUT2D eigenvalue weighted by Crippen LogP contribution is 2.18. The summed E-state index contributed by atoms with van der Waals surface area (Å²) in [6.07, 6.45) is 2.48. The van der Waals surface area contributed by atoms with Crippen LogP contribution in [0.2, 0.25) is 0 Å². The topological polar surface area (TPSA) is 24.5 Å². The molecule has 1 saturated heterocycles. The summed E-state index contributed by atoms with van der Waals surface area (Å²) in [4.78, 5) is 2.46. The molecule has 1 aliphatic rings. The van der Waals surface area contributed by atoms with Crippen molar-refractivity contribution in [3.8, 4) is 0 Å². The Morgan fingerprint density at radius 1 is 1.40 bits per heavy atom. The molecule has 1 fully saturated rings. The van der Waals surface area contributed by atoms with Gasteiger partial charge in [0.25, 0.3) is 0 Å². The van der Waals surface area contributed by atoms with Gasteiger partial charge in [0, 0.05) is 25.7 Å². The van der Waals surface area contributed by atoms with E-state index in [2.05, 4.69) is 17.1 Å². The maximum absolute atomic E-state index is 13.0. The Kier molecular flexibility index (Phi) is 5.95. The van der Waals surface area contributed by atoms with Crippen molar-refractivity contribution in [1.29, 1.82) is 0 Å². The number of halogens is 1. The Balaban J connectivity index is 1.85. The second kappa shape index (κ2) is 7.72. The lowest BCUT2D eigenvalue weighted by Crippen LogP contribution is -2.43. The third kappa shape index (κ3) is 4.27. The number of rotatable bonds is 6. The summed E-state index contributed by atoms with van der Waals surface area (Å²) >= 11 is 0. The van der Waals surface area contributed by atoms with Gasteiger partial charge in [-0.2, -0.15) is 0 Å². The summed E-state index contributed by atoms with van der Waals surface area (Å²) in [5, 5.41) is 3.32. The summed E-state index contributed by atoms with van der Waals surface area (Å²) in [6, 6.07) is 7.07. The van der Waals surface area contributed by atoms with Gasteiger partial charge in [0.05, 0.1) is 12.7 Å². The second-order valence-corrected chi connectivity index (χ2v) is 5.38. The van der Waals surface area contributed by atoms with Crippen LogP contribution in [0.15, 0.2) is 24.3 Å². The van der Waals surface area contributed by atoms with Gasteiger partial charge in [-0.25, -0.2) is 4.39 Å². The highest BCUT2D eigenvalue weighted by Gasteiger charge is 2.19. The molecule has 2 atom stereocenters. The van der Waals surface area contributed by atoms with E-state index in [0.717, 1.165) is 44.6 Å². The van der Waals surface area contributed by atoms with Crippen LogP contribution in [0.25, 0.3) is 0 Å². The molecule has 4 heteroatoms. The molecule has 20 heavy (non-hydrogen) atoms. The molecule has 1 aromatic rings. The van der Waals surface area contributed by atoms with Crippen LogP contribution in [0.3, 0.4) is 0 Å². The van der Waals surface area contributed by atoms with Crippen LogP contribution in [0.5, 0.6) is 0 Å². The highest BCUT2D eigenvalue weighted by molar-refractivity contribution is 5.19. The Morgan fingerprint density at radius 2 is 2.15 bits per heavy atom. The number of morpholine rings is 1. The molecule has 0 radical (unpaired) electrons. The monoisotopic (exact) mass is 280 g/mol. The van der Waals surface area contributed by atoms with E-state index in [1.165, 1.54) is 12.1 Å². The molecule has 1 aromatic carbocycles. The quantitative estimate of drug-likeness (QED) is 0.867. The molecule has 0 aliphatic carbocycles. The van der Waals surface area contributed by atoms with Crippen molar-refractivity contribution in [2.75, 3.05) is 33.3 Å². The first-order valence-corrected chi connectivity index (χ1v) is 7.49. The van der Waals surface area contributed by atoms with E-state index in [1.54, 1.807) is 0 Å². The van der Waals surface area contributed by atoms with E-state index in [1.807, 2.05) is 19.2 Å². The lowest BCUT2D eigenvalue weighted by atomic mass is 10.0. The van der Waals surface area contributed by atoms with Gasteiger partial charge in [-0.3, -0.25) is 4.90 Å². The number of ether oxygens (including phenoxy) is 1. The van der Waals surface area contributed by atoms with Gasteiger partial charge in [0.2, 0.25) is 0 Å². The molecule has 0 amide bonds. The number of nitrogens with one attached hydrogen (secondary N) is 1. The molecule has 0 saturated carbocycles. The van der Waals surface area contributed by atoms with Gasteiger partial charge >= 0.3 is 0 Å². The van der Waals surface area contributed by atoms with E-state index in [9.17, 15) is 4.39 Å². The predicted molar refractivity (Wildman–Crippen MR) is 79.3 cm³/mol. The highest BCUT2D eigenvalue weighted by atomic mass is 19.1. The first-order valence-electron chi connectivity index (χ1n) is 7.49. The number of hydrogen-bond acceptors (Lipinski definition) is 3. The number of benzene rings is 1. The van der Waals surface area contributed by atoms with Crippen LogP contribution in [0, 0.1) is 5.82 Å². The fourth-order valence-electron chi connectivity index (χ4n) is 2.71. The largest absolute Gasteiger partial charge is 0.376 e. The summed E-state index contributed by atoms with van der Waals surface area (Å²) < 4.78 is 18.7. The Hall–Kier alpha value is -0.970. The maximum Gasteiger partial charge on any atom is 0.123 e. The van der Waals surface area contributed by atoms with Crippen molar-refractivity contribution in [3.05, 3.63) is 35.6 Å². The number of hydrogen-bond donors (Lipinski definition) is 1. The minimum Gasteiger partial charge on any atom is -0.376 e. The zero-order valence-corrected chi connectivity index (χ0v) is 12.4. The summed E-state index contributed by atoms with van der Waals surface area (Å²) in [5.74, 6) is -0.178. The lowest BCUT2D eigenvalue weighted by molar-refractivity contribution is -0.0304. The van der Waals surface area contributed by atoms with Crippen LogP contribution < -0.4 is 5.32 Å². The fourth-order valence-corrected chi connectivity index (χ4v) is 2.71. The zero-order valence-electron chi connectivity index (χ0n) is 12.4. The average Bonchev–Trinajstić information content (AvgIpc) is 2.50. The summed E-state index contributed by atoms with van der Waals surface area (Å²) in [5.41, 5.74) is 1.15. The third-order valence-corrected chi connectivity index (χ3v) is 4.03. The Bertz CT molecular complexity index is 396. The summed E-state index contributed by atoms with van der Waals surface area (Å²) in [6.45, 7) is 6.08. The van der Waals surface area contributed by atoms with Crippen molar-refractivity contribution in [2.45, 2.75) is 31.9 Å². The molecule has 112 valence electrons. The van der Waals surface area contributed by atoms with Gasteiger partial charge in [-0.15, -0.1) is 0 Å².